The van der Waals surface area contributed by atoms with Crippen LogP contribution >= 0.6 is 0 Å². The van der Waals surface area contributed by atoms with Gasteiger partial charge in [-0.3, -0.25) is 14.5 Å². The van der Waals surface area contributed by atoms with Gasteiger partial charge < -0.3 is 10.6 Å². The molecule has 2 atom stereocenters. The van der Waals surface area contributed by atoms with Crippen LogP contribution in [0.25, 0.3) is 0 Å². The molecule has 0 saturated carbocycles. The van der Waals surface area contributed by atoms with Gasteiger partial charge in [0.05, 0.1) is 5.92 Å². The average Bonchev–Trinajstić information content (AvgIpc) is 2.57. The Morgan fingerprint density at radius 2 is 1.91 bits per heavy atom. The van der Waals surface area contributed by atoms with Crippen molar-refractivity contribution in [2.75, 3.05) is 26.2 Å². The number of primary amides is 1. The lowest BCUT2D eigenvalue weighted by Crippen LogP contribution is -2.48. The van der Waals surface area contributed by atoms with Crippen LogP contribution in [0, 0.1) is 5.92 Å². The molecule has 2 rings (SSSR count). The Bertz CT molecular complexity index is 528. The summed E-state index contributed by atoms with van der Waals surface area (Å²) in [6.45, 7) is 6.73. The maximum absolute atomic E-state index is 13.0. The predicted molar refractivity (Wildman–Crippen MR) is 90.6 cm³/mol. The van der Waals surface area contributed by atoms with Crippen molar-refractivity contribution in [2.24, 2.45) is 11.7 Å². The zero-order valence-electron chi connectivity index (χ0n) is 14.1. The van der Waals surface area contributed by atoms with Gasteiger partial charge in [-0.15, -0.1) is 0 Å². The molecule has 2 amide bonds. The number of carbonyl (C=O) groups is 2. The fourth-order valence-electron chi connectivity index (χ4n) is 3.33. The number of nitrogens with zero attached hydrogens (tertiary/aromatic N) is 2. The van der Waals surface area contributed by atoms with E-state index < -0.39 is 0 Å². The number of hydrogen-bond donors (Lipinski definition) is 1. The minimum atomic E-state index is -0.335. The molecule has 5 nitrogen and oxygen atoms in total. The molecule has 1 aliphatic heterocycles. The van der Waals surface area contributed by atoms with E-state index in [2.05, 4.69) is 4.90 Å². The largest absolute Gasteiger partial charge is 0.369 e. The Labute approximate surface area is 138 Å². The molecule has 2 N–H and O–H groups in total. The zero-order chi connectivity index (χ0) is 16.8. The molecule has 0 unspecified atom stereocenters. The number of nitrogens with two attached hydrogens (primary N) is 1. The second-order valence-corrected chi connectivity index (χ2v) is 6.06. The van der Waals surface area contributed by atoms with Crippen molar-refractivity contribution in [3.05, 3.63) is 35.9 Å². The highest BCUT2D eigenvalue weighted by molar-refractivity contribution is 5.83. The average molecular weight is 317 g/mol. The first kappa shape index (κ1) is 17.5. The van der Waals surface area contributed by atoms with Gasteiger partial charge in [0.1, 0.15) is 6.04 Å². The van der Waals surface area contributed by atoms with E-state index >= 15 is 0 Å². The topological polar surface area (TPSA) is 66.6 Å². The second-order valence-electron chi connectivity index (χ2n) is 6.06. The standard InChI is InChI=1S/C18H27N3O2/c1-3-20(4-2)18(23)16(14-9-6-5-7-10-14)21-12-8-11-15(13-21)17(19)22/h5-7,9-10,15-16H,3-4,8,11-13H2,1-2H3,(H2,19,22)/t15-,16-/m0/s1. The molecule has 1 fully saturated rings. The van der Waals surface area contributed by atoms with Crippen molar-refractivity contribution < 1.29 is 9.59 Å². The Morgan fingerprint density at radius 3 is 2.48 bits per heavy atom. The van der Waals surface area contributed by atoms with E-state index in [0.29, 0.717) is 19.6 Å². The Hall–Kier alpha value is -1.88. The van der Waals surface area contributed by atoms with Gasteiger partial charge in [0.15, 0.2) is 0 Å². The van der Waals surface area contributed by atoms with Crippen LogP contribution in [-0.4, -0.2) is 47.8 Å². The van der Waals surface area contributed by atoms with E-state index in [1.807, 2.05) is 49.1 Å². The van der Waals surface area contributed by atoms with Crippen molar-refractivity contribution in [3.63, 3.8) is 0 Å². The third-order valence-electron chi connectivity index (χ3n) is 4.64. The minimum absolute atomic E-state index is 0.103. The highest BCUT2D eigenvalue weighted by Gasteiger charge is 2.34. The maximum atomic E-state index is 13.0. The Kier molecular flexibility index (Phi) is 6.16. The van der Waals surface area contributed by atoms with Crippen LogP contribution < -0.4 is 5.73 Å². The maximum Gasteiger partial charge on any atom is 0.244 e. The first-order valence-corrected chi connectivity index (χ1v) is 8.45. The Balaban J connectivity index is 2.30. The molecule has 0 aliphatic carbocycles. The van der Waals surface area contributed by atoms with E-state index in [9.17, 15) is 9.59 Å². The molecule has 5 heteroatoms. The summed E-state index contributed by atoms with van der Waals surface area (Å²) in [4.78, 5) is 28.6. The van der Waals surface area contributed by atoms with Crippen LogP contribution in [0.3, 0.4) is 0 Å². The molecule has 1 heterocycles. The monoisotopic (exact) mass is 317 g/mol. The second kappa shape index (κ2) is 8.11. The molecular weight excluding hydrogens is 290 g/mol. The minimum Gasteiger partial charge on any atom is -0.369 e. The lowest BCUT2D eigenvalue weighted by molar-refractivity contribution is -0.139. The van der Waals surface area contributed by atoms with E-state index in [1.54, 1.807) is 0 Å². The van der Waals surface area contributed by atoms with Crippen molar-refractivity contribution in [1.29, 1.82) is 0 Å². The lowest BCUT2D eigenvalue weighted by Gasteiger charge is -2.38. The van der Waals surface area contributed by atoms with E-state index in [4.69, 9.17) is 5.73 Å². The van der Waals surface area contributed by atoms with Gasteiger partial charge in [0.2, 0.25) is 11.8 Å². The van der Waals surface area contributed by atoms with Gasteiger partial charge >= 0.3 is 0 Å². The van der Waals surface area contributed by atoms with Crippen molar-refractivity contribution in [2.45, 2.75) is 32.7 Å². The van der Waals surface area contributed by atoms with Crippen LogP contribution in [-0.2, 0) is 9.59 Å². The zero-order valence-corrected chi connectivity index (χ0v) is 14.1. The number of carbonyl (C=O) groups excluding carboxylic acids is 2. The number of likely N-dealkylation sites (N-methyl/N-ethyl adjacent to an activating group) is 1. The van der Waals surface area contributed by atoms with E-state index in [1.165, 1.54) is 0 Å². The number of piperidine rings is 1. The Morgan fingerprint density at radius 1 is 1.26 bits per heavy atom. The highest BCUT2D eigenvalue weighted by atomic mass is 16.2. The van der Waals surface area contributed by atoms with Gasteiger partial charge in [0.25, 0.3) is 0 Å². The number of amides is 2. The molecule has 1 aromatic carbocycles. The van der Waals surface area contributed by atoms with Crippen LogP contribution in [0.2, 0.25) is 0 Å². The summed E-state index contributed by atoms with van der Waals surface area (Å²) in [5, 5.41) is 0. The van der Waals surface area contributed by atoms with E-state index in [0.717, 1.165) is 24.9 Å². The summed E-state index contributed by atoms with van der Waals surface area (Å²) in [5.74, 6) is -0.331. The molecule has 126 valence electrons. The summed E-state index contributed by atoms with van der Waals surface area (Å²) in [7, 11) is 0. The molecule has 1 aliphatic rings. The third kappa shape index (κ3) is 4.10. The van der Waals surface area contributed by atoms with Gasteiger partial charge in [-0.1, -0.05) is 30.3 Å². The van der Waals surface area contributed by atoms with Gasteiger partial charge in [0, 0.05) is 19.6 Å². The molecule has 1 saturated heterocycles. The summed E-state index contributed by atoms with van der Waals surface area (Å²) in [6.07, 6.45) is 1.70. The van der Waals surface area contributed by atoms with Gasteiger partial charge in [-0.25, -0.2) is 0 Å². The fourth-order valence-corrected chi connectivity index (χ4v) is 3.33. The van der Waals surface area contributed by atoms with Crippen LogP contribution in [0.15, 0.2) is 30.3 Å². The quantitative estimate of drug-likeness (QED) is 0.870. The van der Waals surface area contributed by atoms with Crippen molar-refractivity contribution in [1.82, 2.24) is 9.80 Å². The van der Waals surface area contributed by atoms with Crippen LogP contribution in [0.4, 0.5) is 0 Å². The molecular formula is C18H27N3O2. The first-order valence-electron chi connectivity index (χ1n) is 8.45. The number of benzene rings is 1. The lowest BCUT2D eigenvalue weighted by atomic mass is 9.93. The van der Waals surface area contributed by atoms with Gasteiger partial charge in [-0.05, 0) is 38.8 Å². The number of likely N-dealkylation sites (tertiary alicyclic amines) is 1. The van der Waals surface area contributed by atoms with Crippen LogP contribution in [0.1, 0.15) is 38.3 Å². The summed E-state index contributed by atoms with van der Waals surface area (Å²) in [6, 6.07) is 9.49. The third-order valence-corrected chi connectivity index (χ3v) is 4.64. The number of rotatable bonds is 6. The predicted octanol–water partition coefficient (Wildman–Crippen LogP) is 1.79. The summed E-state index contributed by atoms with van der Waals surface area (Å²) < 4.78 is 0. The normalized spacial score (nSPS) is 20.0. The summed E-state index contributed by atoms with van der Waals surface area (Å²) in [5.41, 5.74) is 6.48. The van der Waals surface area contributed by atoms with Crippen molar-refractivity contribution in [3.8, 4) is 0 Å². The molecule has 0 bridgehead atoms. The molecule has 0 spiro atoms. The fraction of sp³-hybridized carbons (Fsp3) is 0.556. The molecule has 23 heavy (non-hydrogen) atoms. The van der Waals surface area contributed by atoms with Crippen molar-refractivity contribution >= 4 is 11.8 Å². The molecule has 0 aromatic heterocycles. The SMILES string of the molecule is CCN(CC)C(=O)[C@H](c1ccccc1)N1CCC[C@H](C(N)=O)C1. The smallest absolute Gasteiger partial charge is 0.244 e. The first-order chi connectivity index (χ1) is 11.1. The van der Waals surface area contributed by atoms with Crippen LogP contribution in [0.5, 0.6) is 0 Å². The molecule has 1 aromatic rings. The number of hydrogen-bond acceptors (Lipinski definition) is 3. The summed E-state index contributed by atoms with van der Waals surface area (Å²) >= 11 is 0. The highest BCUT2D eigenvalue weighted by Crippen LogP contribution is 2.28. The molecule has 0 radical (unpaired) electrons. The van der Waals surface area contributed by atoms with Gasteiger partial charge in [-0.2, -0.15) is 0 Å². The van der Waals surface area contributed by atoms with E-state index in [-0.39, 0.29) is 23.8 Å².